The number of aryl methyl sites for hydroxylation is 1. The summed E-state index contributed by atoms with van der Waals surface area (Å²) in [5, 5.41) is 25.6. The zero-order valence-electron chi connectivity index (χ0n) is 18.6. The maximum absolute atomic E-state index is 13.7. The zero-order valence-corrected chi connectivity index (χ0v) is 18.6. The molecule has 16 heteroatoms. The quantitative estimate of drug-likeness (QED) is 0.172. The number of rotatable bonds is 8. The van der Waals surface area contributed by atoms with Gasteiger partial charge >= 0.3 is 18.5 Å². The molecule has 10 nitrogen and oxygen atoms in total. The van der Waals surface area contributed by atoms with Crippen molar-refractivity contribution in [2.45, 2.75) is 57.1 Å². The van der Waals surface area contributed by atoms with E-state index in [0.29, 0.717) is 6.42 Å². The molecule has 1 aromatic carbocycles. The summed E-state index contributed by atoms with van der Waals surface area (Å²) < 4.78 is 98.1. The maximum Gasteiger partial charge on any atom is 0.573 e. The van der Waals surface area contributed by atoms with E-state index < -0.39 is 55.0 Å². The number of benzene rings is 1. The van der Waals surface area contributed by atoms with Crippen LogP contribution in [0.4, 0.5) is 26.3 Å². The SMILES string of the molecule is CCc1cc(OC(F)(F)F)cc2c1OC(C(F)(F)F)C(C(=O)OCOC1CC[C@@H](CO)N1/N=[NH+]\[O-])=C2. The van der Waals surface area contributed by atoms with Crippen molar-refractivity contribution >= 4 is 12.0 Å². The first-order valence-corrected chi connectivity index (χ1v) is 10.5. The van der Waals surface area contributed by atoms with E-state index in [-0.39, 0.29) is 36.3 Å². The molecule has 0 spiro atoms. The van der Waals surface area contributed by atoms with Crippen molar-refractivity contribution < 1.29 is 60.5 Å². The number of carbonyl (C=O) groups excluding carboxylic acids is 1. The molecule has 36 heavy (non-hydrogen) atoms. The summed E-state index contributed by atoms with van der Waals surface area (Å²) in [6.07, 6.45) is -12.4. The molecule has 2 aliphatic rings. The van der Waals surface area contributed by atoms with Gasteiger partial charge in [-0.3, -0.25) is 0 Å². The maximum atomic E-state index is 13.7. The lowest BCUT2D eigenvalue weighted by molar-refractivity contribution is -0.484. The lowest BCUT2D eigenvalue weighted by atomic mass is 9.97. The number of aliphatic hydroxyl groups is 1. The summed E-state index contributed by atoms with van der Waals surface area (Å²) in [5.74, 6) is -2.54. The van der Waals surface area contributed by atoms with Crippen LogP contribution < -0.4 is 14.8 Å². The Bertz CT molecular complexity index is 1010. The largest absolute Gasteiger partial charge is 0.698 e. The van der Waals surface area contributed by atoms with Crippen LogP contribution in [-0.2, 0) is 20.7 Å². The first-order valence-electron chi connectivity index (χ1n) is 10.5. The van der Waals surface area contributed by atoms with Crippen molar-refractivity contribution in [3.63, 3.8) is 0 Å². The highest BCUT2D eigenvalue weighted by molar-refractivity contribution is 5.96. The van der Waals surface area contributed by atoms with Gasteiger partial charge in [-0.15, -0.1) is 18.2 Å². The molecule has 0 saturated carbocycles. The van der Waals surface area contributed by atoms with Gasteiger partial charge in [0.15, 0.2) is 6.79 Å². The minimum atomic E-state index is -5.06. The van der Waals surface area contributed by atoms with E-state index in [2.05, 4.69) is 9.96 Å². The zero-order chi connectivity index (χ0) is 26.7. The number of esters is 1. The normalized spacial score (nSPS) is 22.3. The highest BCUT2D eigenvalue weighted by atomic mass is 19.4. The molecule has 200 valence electrons. The van der Waals surface area contributed by atoms with Crippen LogP contribution >= 0.6 is 0 Å². The molecule has 0 aromatic heterocycles. The van der Waals surface area contributed by atoms with Crippen LogP contribution in [0.25, 0.3) is 6.08 Å². The Kier molecular flexibility index (Phi) is 8.18. The number of halogens is 6. The van der Waals surface area contributed by atoms with E-state index in [0.717, 1.165) is 23.2 Å². The number of hydrogen-bond acceptors (Lipinski definition) is 8. The number of nitrogens with zero attached hydrogens (tertiary/aromatic N) is 2. The topological polar surface area (TPSA) is 127 Å². The fourth-order valence-corrected chi connectivity index (χ4v) is 3.83. The Morgan fingerprint density at radius 1 is 1.28 bits per heavy atom. The number of aliphatic hydroxyl groups excluding tert-OH is 1. The number of fused-ring (bicyclic) bond motifs is 1. The van der Waals surface area contributed by atoms with E-state index in [1.54, 1.807) is 0 Å². The van der Waals surface area contributed by atoms with Gasteiger partial charge in [0.1, 0.15) is 17.5 Å². The van der Waals surface area contributed by atoms with Gasteiger partial charge in [0, 0.05) is 12.0 Å². The number of ether oxygens (including phenoxy) is 4. The molecule has 2 heterocycles. The third-order valence-corrected chi connectivity index (χ3v) is 5.38. The second kappa shape index (κ2) is 10.8. The van der Waals surface area contributed by atoms with E-state index in [9.17, 15) is 41.5 Å². The average Bonchev–Trinajstić information content (AvgIpc) is 3.17. The summed E-state index contributed by atoms with van der Waals surface area (Å²) in [6, 6.07) is 1.13. The van der Waals surface area contributed by atoms with Gasteiger partial charge in [-0.25, -0.2) is 4.79 Å². The van der Waals surface area contributed by atoms with Crippen LogP contribution in [0, 0.1) is 5.21 Å². The molecule has 0 radical (unpaired) electrons. The predicted octanol–water partition coefficient (Wildman–Crippen LogP) is 2.10. The average molecular weight is 529 g/mol. The van der Waals surface area contributed by atoms with Gasteiger partial charge < -0.3 is 29.3 Å². The smallest absolute Gasteiger partial charge is 0.573 e. The van der Waals surface area contributed by atoms with E-state index in [1.807, 2.05) is 0 Å². The van der Waals surface area contributed by atoms with Crippen molar-refractivity contribution in [2.24, 2.45) is 5.22 Å². The molecule has 2 N–H and O–H groups in total. The van der Waals surface area contributed by atoms with Crippen molar-refractivity contribution in [1.29, 1.82) is 0 Å². The molecule has 1 saturated heterocycles. The summed E-state index contributed by atoms with van der Waals surface area (Å²) >= 11 is 0. The van der Waals surface area contributed by atoms with E-state index in [1.165, 1.54) is 12.2 Å². The molecule has 0 amide bonds. The highest BCUT2D eigenvalue weighted by Crippen LogP contribution is 2.42. The summed E-state index contributed by atoms with van der Waals surface area (Å²) in [7, 11) is 0. The van der Waals surface area contributed by atoms with Crippen LogP contribution in [0.15, 0.2) is 22.9 Å². The summed E-state index contributed by atoms with van der Waals surface area (Å²) in [5.41, 5.74) is -1.26. The van der Waals surface area contributed by atoms with Crippen LogP contribution in [-0.4, -0.2) is 60.4 Å². The third-order valence-electron chi connectivity index (χ3n) is 5.38. The predicted molar refractivity (Wildman–Crippen MR) is 105 cm³/mol. The fraction of sp³-hybridized carbons (Fsp3) is 0.550. The number of nitrogens with one attached hydrogen (secondary N) is 1. The van der Waals surface area contributed by atoms with Crippen molar-refractivity contribution in [1.82, 2.24) is 5.01 Å². The second-order valence-corrected chi connectivity index (χ2v) is 7.70. The van der Waals surface area contributed by atoms with Gasteiger partial charge in [0.05, 0.1) is 17.4 Å². The van der Waals surface area contributed by atoms with Gasteiger partial charge in [-0.05, 0) is 36.6 Å². The minimum absolute atomic E-state index is 0.00324. The van der Waals surface area contributed by atoms with Gasteiger partial charge in [-0.2, -0.15) is 18.4 Å². The van der Waals surface area contributed by atoms with E-state index >= 15 is 0 Å². The first-order chi connectivity index (χ1) is 16.9. The van der Waals surface area contributed by atoms with Crippen molar-refractivity contribution in [3.05, 3.63) is 34.0 Å². The van der Waals surface area contributed by atoms with Crippen LogP contribution in [0.3, 0.4) is 0 Å². The van der Waals surface area contributed by atoms with Crippen LogP contribution in [0.1, 0.15) is 30.9 Å². The summed E-state index contributed by atoms with van der Waals surface area (Å²) in [4.78, 5) is 12.5. The number of hydrogen-bond donors (Lipinski definition) is 2. The van der Waals surface area contributed by atoms with Crippen LogP contribution in [0.2, 0.25) is 0 Å². The Hall–Kier alpha value is -3.27. The number of carbonyl (C=O) groups is 1. The molecule has 1 fully saturated rings. The van der Waals surface area contributed by atoms with Gasteiger partial charge in [0.2, 0.25) is 12.3 Å². The Morgan fingerprint density at radius 2 is 2.00 bits per heavy atom. The molecular formula is C20H21F6N3O7. The molecule has 1 aromatic rings. The second-order valence-electron chi connectivity index (χ2n) is 7.70. The molecule has 2 unspecified atom stereocenters. The third kappa shape index (κ3) is 6.29. The lowest BCUT2D eigenvalue weighted by Gasteiger charge is -2.29. The number of alkyl halides is 6. The van der Waals surface area contributed by atoms with Crippen molar-refractivity contribution in [3.8, 4) is 11.5 Å². The Labute approximate surface area is 199 Å². The molecule has 2 aliphatic heterocycles. The molecule has 0 bridgehead atoms. The monoisotopic (exact) mass is 529 g/mol. The molecule has 3 atom stereocenters. The molecular weight excluding hydrogens is 508 g/mol. The Morgan fingerprint density at radius 3 is 2.58 bits per heavy atom. The Balaban J connectivity index is 1.82. The highest BCUT2D eigenvalue weighted by Gasteiger charge is 2.49. The first kappa shape index (κ1) is 27.3. The van der Waals surface area contributed by atoms with Gasteiger partial charge in [0.25, 0.3) is 0 Å². The standard InChI is InChI=1S/C20H21F6N3O7/c1-2-10-5-13(36-20(24,25)26)6-11-7-14(17(19(21,22)23)35-16(10)11)18(31)34-9-33-15-4-3-12(8-30)29(15)27-28-32/h5-7,12,15,17,28,30H,2-4,8-9H2,1H3/t12-,15?,17?/m0/s1. The molecule has 0 aliphatic carbocycles. The lowest BCUT2D eigenvalue weighted by Crippen LogP contribution is -2.60. The van der Waals surface area contributed by atoms with E-state index in [4.69, 9.17) is 14.2 Å². The fourth-order valence-electron chi connectivity index (χ4n) is 3.83. The van der Waals surface area contributed by atoms with Crippen molar-refractivity contribution in [2.75, 3.05) is 13.4 Å². The van der Waals surface area contributed by atoms with Gasteiger partial charge in [-0.1, -0.05) is 6.92 Å². The summed E-state index contributed by atoms with van der Waals surface area (Å²) in [6.45, 7) is 0.284. The molecule has 3 rings (SSSR count). The minimum Gasteiger partial charge on any atom is -0.698 e. The van der Waals surface area contributed by atoms with Crippen LogP contribution in [0.5, 0.6) is 11.5 Å².